The molecule has 0 radical (unpaired) electrons. The van der Waals surface area contributed by atoms with Crippen LogP contribution in [0.2, 0.25) is 0 Å². The number of para-hydroxylation sites is 1. The molecule has 0 bridgehead atoms. The van der Waals surface area contributed by atoms with Gasteiger partial charge in [-0.2, -0.15) is 0 Å². The molecule has 150 valence electrons. The van der Waals surface area contributed by atoms with Crippen LogP contribution in [-0.4, -0.2) is 33.2 Å². The predicted molar refractivity (Wildman–Crippen MR) is 114 cm³/mol. The van der Waals surface area contributed by atoms with Gasteiger partial charge in [0.25, 0.3) is 0 Å². The van der Waals surface area contributed by atoms with Gasteiger partial charge in [0.1, 0.15) is 0 Å². The lowest BCUT2D eigenvalue weighted by atomic mass is 10.1. The Morgan fingerprint density at radius 1 is 1.18 bits per heavy atom. The third-order valence-electron chi connectivity index (χ3n) is 5.26. The Morgan fingerprint density at radius 2 is 1.89 bits per heavy atom. The van der Waals surface area contributed by atoms with Gasteiger partial charge < -0.3 is 4.90 Å². The quantitative estimate of drug-likeness (QED) is 0.740. The summed E-state index contributed by atoms with van der Waals surface area (Å²) in [7, 11) is -3.43. The number of nitrogens with zero attached hydrogens (tertiary/aromatic N) is 2. The summed E-state index contributed by atoms with van der Waals surface area (Å²) < 4.78 is 26.2. The first kappa shape index (κ1) is 20.4. The van der Waals surface area contributed by atoms with Crippen LogP contribution in [0.5, 0.6) is 0 Å². The molecule has 2 aromatic carbocycles. The van der Waals surface area contributed by atoms with Gasteiger partial charge >= 0.3 is 0 Å². The lowest BCUT2D eigenvalue weighted by molar-refractivity contribution is -0.118. The van der Waals surface area contributed by atoms with E-state index in [-0.39, 0.29) is 11.9 Å². The van der Waals surface area contributed by atoms with Crippen LogP contribution in [0.4, 0.5) is 11.4 Å². The molecule has 2 aromatic rings. The molecule has 1 aliphatic heterocycles. The van der Waals surface area contributed by atoms with E-state index in [1.165, 1.54) is 16.1 Å². The lowest BCUT2D eigenvalue weighted by Crippen LogP contribution is -2.37. The molecule has 0 unspecified atom stereocenters. The molecule has 1 aliphatic rings. The van der Waals surface area contributed by atoms with E-state index in [9.17, 15) is 13.2 Å². The molecule has 28 heavy (non-hydrogen) atoms. The number of rotatable bonds is 6. The van der Waals surface area contributed by atoms with Crippen molar-refractivity contribution in [1.82, 2.24) is 0 Å². The third-order valence-corrected chi connectivity index (χ3v) is 6.44. The smallest absolute Gasteiger partial charge is 0.232 e. The Kier molecular flexibility index (Phi) is 5.79. The molecule has 6 heteroatoms. The second-order valence-corrected chi connectivity index (χ2v) is 9.58. The van der Waals surface area contributed by atoms with E-state index >= 15 is 0 Å². The Labute approximate surface area is 168 Å². The van der Waals surface area contributed by atoms with Gasteiger partial charge in [0, 0.05) is 24.7 Å². The topological polar surface area (TPSA) is 57.7 Å². The Morgan fingerprint density at radius 3 is 2.61 bits per heavy atom. The summed E-state index contributed by atoms with van der Waals surface area (Å²) in [6.45, 7) is 6.19. The first-order valence-electron chi connectivity index (χ1n) is 9.63. The molecule has 0 N–H and O–H groups in total. The lowest BCUT2D eigenvalue weighted by Gasteiger charge is -2.26. The van der Waals surface area contributed by atoms with Gasteiger partial charge in [-0.25, -0.2) is 8.42 Å². The second kappa shape index (κ2) is 7.95. The van der Waals surface area contributed by atoms with E-state index in [0.29, 0.717) is 25.1 Å². The van der Waals surface area contributed by atoms with Crippen LogP contribution in [0.15, 0.2) is 42.5 Å². The maximum atomic E-state index is 12.9. The van der Waals surface area contributed by atoms with Crippen LogP contribution in [0.1, 0.15) is 36.5 Å². The number of hydrogen-bond acceptors (Lipinski definition) is 3. The normalized spacial score (nSPS) is 16.1. The van der Waals surface area contributed by atoms with Crippen molar-refractivity contribution in [3.8, 4) is 0 Å². The van der Waals surface area contributed by atoms with Gasteiger partial charge in [-0.3, -0.25) is 9.10 Å². The molecule has 0 fully saturated rings. The number of sulfonamides is 1. The largest absolute Gasteiger partial charge is 0.309 e. The molecule has 0 saturated heterocycles. The Hall–Kier alpha value is -2.34. The SMILES string of the molecule is Cc1ccc(C)c(N(CCCC(=O)N2c3ccccc3C[C@@H]2C)S(C)(=O)=O)c1. The molecule has 5 nitrogen and oxygen atoms in total. The summed E-state index contributed by atoms with van der Waals surface area (Å²) in [5.74, 6) is 0.0480. The number of aryl methyl sites for hydroxylation is 2. The molecule has 1 heterocycles. The standard InChI is InChI=1S/C22H28N2O3S/c1-16-11-12-17(2)21(14-16)23(28(4,26)27)13-7-10-22(25)24-18(3)15-19-8-5-6-9-20(19)24/h5-6,8-9,11-12,14,18H,7,10,13,15H2,1-4H3/t18-/m0/s1. The van der Waals surface area contributed by atoms with Crippen LogP contribution in [0.25, 0.3) is 0 Å². The number of carbonyl (C=O) groups is 1. The fraction of sp³-hybridized carbons (Fsp3) is 0.409. The number of fused-ring (bicyclic) bond motifs is 1. The zero-order valence-electron chi connectivity index (χ0n) is 17.0. The van der Waals surface area contributed by atoms with Crippen LogP contribution in [0, 0.1) is 13.8 Å². The summed E-state index contributed by atoms with van der Waals surface area (Å²) in [5.41, 5.74) is 4.78. The van der Waals surface area contributed by atoms with E-state index in [2.05, 4.69) is 13.0 Å². The number of carbonyl (C=O) groups excluding carboxylic acids is 1. The highest BCUT2D eigenvalue weighted by Crippen LogP contribution is 2.32. The van der Waals surface area contributed by atoms with Crippen LogP contribution in [-0.2, 0) is 21.2 Å². The van der Waals surface area contributed by atoms with Crippen molar-refractivity contribution in [3.63, 3.8) is 0 Å². The van der Waals surface area contributed by atoms with E-state index < -0.39 is 10.0 Å². The summed E-state index contributed by atoms with van der Waals surface area (Å²) in [4.78, 5) is 14.7. The van der Waals surface area contributed by atoms with E-state index in [1.54, 1.807) is 0 Å². The van der Waals surface area contributed by atoms with Crippen LogP contribution in [0.3, 0.4) is 0 Å². The van der Waals surface area contributed by atoms with Gasteiger partial charge in [0.2, 0.25) is 15.9 Å². The van der Waals surface area contributed by atoms with Crippen LogP contribution < -0.4 is 9.21 Å². The molecular weight excluding hydrogens is 372 g/mol. The minimum absolute atomic E-state index is 0.0480. The third kappa shape index (κ3) is 4.22. The first-order chi connectivity index (χ1) is 13.2. The average molecular weight is 401 g/mol. The average Bonchev–Trinajstić information content (AvgIpc) is 2.95. The van der Waals surface area contributed by atoms with Gasteiger partial charge in [-0.05, 0) is 62.4 Å². The summed E-state index contributed by atoms with van der Waals surface area (Å²) in [5, 5.41) is 0. The summed E-state index contributed by atoms with van der Waals surface area (Å²) in [6.07, 6.45) is 2.87. The molecule has 1 amide bonds. The Bertz CT molecular complexity index is 985. The monoisotopic (exact) mass is 400 g/mol. The minimum atomic E-state index is -3.43. The molecular formula is C22H28N2O3S. The number of benzene rings is 2. The van der Waals surface area contributed by atoms with Gasteiger partial charge in [-0.15, -0.1) is 0 Å². The maximum Gasteiger partial charge on any atom is 0.232 e. The molecule has 1 atom stereocenters. The van der Waals surface area contributed by atoms with Gasteiger partial charge in [0.05, 0.1) is 11.9 Å². The van der Waals surface area contributed by atoms with E-state index in [0.717, 1.165) is 23.2 Å². The van der Waals surface area contributed by atoms with Crippen molar-refractivity contribution in [3.05, 3.63) is 59.2 Å². The summed E-state index contributed by atoms with van der Waals surface area (Å²) in [6, 6.07) is 13.9. The van der Waals surface area contributed by atoms with Crippen LogP contribution >= 0.6 is 0 Å². The van der Waals surface area contributed by atoms with Gasteiger partial charge in [0.15, 0.2) is 0 Å². The number of hydrogen-bond donors (Lipinski definition) is 0. The first-order valence-corrected chi connectivity index (χ1v) is 11.5. The molecule has 0 aliphatic carbocycles. The molecule has 0 spiro atoms. The van der Waals surface area contributed by atoms with E-state index in [1.807, 2.05) is 55.1 Å². The second-order valence-electron chi connectivity index (χ2n) is 7.67. The van der Waals surface area contributed by atoms with Crippen molar-refractivity contribution < 1.29 is 13.2 Å². The fourth-order valence-corrected chi connectivity index (χ4v) is 4.91. The fourth-order valence-electron chi connectivity index (χ4n) is 3.89. The minimum Gasteiger partial charge on any atom is -0.309 e. The highest BCUT2D eigenvalue weighted by Gasteiger charge is 2.30. The zero-order valence-corrected chi connectivity index (χ0v) is 17.8. The summed E-state index contributed by atoms with van der Waals surface area (Å²) >= 11 is 0. The maximum absolute atomic E-state index is 12.9. The number of anilines is 2. The highest BCUT2D eigenvalue weighted by molar-refractivity contribution is 7.92. The molecule has 0 saturated carbocycles. The van der Waals surface area contributed by atoms with Crippen molar-refractivity contribution in [2.75, 3.05) is 22.0 Å². The highest BCUT2D eigenvalue weighted by atomic mass is 32.2. The molecule has 0 aromatic heterocycles. The van der Waals surface area contributed by atoms with Crippen molar-refractivity contribution in [1.29, 1.82) is 0 Å². The van der Waals surface area contributed by atoms with Crippen molar-refractivity contribution >= 4 is 27.3 Å². The Balaban J connectivity index is 1.72. The van der Waals surface area contributed by atoms with Gasteiger partial charge in [-0.1, -0.05) is 30.3 Å². The zero-order chi connectivity index (χ0) is 20.5. The van der Waals surface area contributed by atoms with E-state index in [4.69, 9.17) is 0 Å². The molecule has 3 rings (SSSR count). The predicted octanol–water partition coefficient (Wildman–Crippen LogP) is 3.83. The van der Waals surface area contributed by atoms with Crippen molar-refractivity contribution in [2.24, 2.45) is 0 Å². The number of amides is 1. The van der Waals surface area contributed by atoms with Crippen molar-refractivity contribution in [2.45, 2.75) is 46.1 Å².